The summed E-state index contributed by atoms with van der Waals surface area (Å²) in [6, 6.07) is 10.5. The number of hydrogen-bond acceptors (Lipinski definition) is 1. The Balaban J connectivity index is 2.18. The Bertz CT molecular complexity index is 447. The van der Waals surface area contributed by atoms with Crippen LogP contribution in [0.4, 0.5) is 0 Å². The summed E-state index contributed by atoms with van der Waals surface area (Å²) in [4.78, 5) is 0. The Kier molecular flexibility index (Phi) is 3.94. The molecule has 0 aliphatic heterocycles. The molecule has 0 bridgehead atoms. The summed E-state index contributed by atoms with van der Waals surface area (Å²) < 4.78 is 0. The molecule has 96 valence electrons. The lowest BCUT2D eigenvalue weighted by Gasteiger charge is -2.27. The molecule has 0 radical (unpaired) electrons. The molecule has 1 aromatic carbocycles. The van der Waals surface area contributed by atoms with Crippen LogP contribution in [0.3, 0.4) is 0 Å². The first-order valence-corrected chi connectivity index (χ1v) is 9.84. The first-order valence-electron chi connectivity index (χ1n) is 6.84. The van der Waals surface area contributed by atoms with E-state index in [4.69, 9.17) is 0 Å². The van der Waals surface area contributed by atoms with Crippen LogP contribution in [0.2, 0.25) is 13.1 Å². The van der Waals surface area contributed by atoms with Crippen LogP contribution in [0.15, 0.2) is 30.3 Å². The monoisotopic (exact) mass is 258 g/mol. The molecule has 2 heteroatoms. The molecular weight excluding hydrogens is 236 g/mol. The van der Waals surface area contributed by atoms with Gasteiger partial charge in [0.2, 0.25) is 0 Å². The molecule has 1 fully saturated rings. The van der Waals surface area contributed by atoms with Gasteiger partial charge in [-0.2, -0.15) is 0 Å². The number of hydrogen-bond donors (Lipinski definition) is 1. The van der Waals surface area contributed by atoms with E-state index in [2.05, 4.69) is 48.8 Å². The molecular formula is C16H22OSi. The lowest BCUT2D eigenvalue weighted by Crippen LogP contribution is -2.41. The summed E-state index contributed by atoms with van der Waals surface area (Å²) in [5.74, 6) is 3.20. The highest BCUT2D eigenvalue weighted by molar-refractivity contribution is 6.96. The molecule has 0 aromatic heterocycles. The zero-order valence-corrected chi connectivity index (χ0v) is 12.4. The quantitative estimate of drug-likeness (QED) is 0.606. The Morgan fingerprint density at radius 2 is 1.67 bits per heavy atom. The van der Waals surface area contributed by atoms with Crippen molar-refractivity contribution in [1.82, 2.24) is 0 Å². The molecule has 1 N–H and O–H groups in total. The van der Waals surface area contributed by atoms with Gasteiger partial charge in [-0.1, -0.05) is 55.8 Å². The van der Waals surface area contributed by atoms with Crippen molar-refractivity contribution in [1.29, 1.82) is 0 Å². The molecule has 1 saturated carbocycles. The Hall–Kier alpha value is -1.04. The first-order chi connectivity index (χ1) is 8.52. The van der Waals surface area contributed by atoms with E-state index in [0.29, 0.717) is 0 Å². The fraction of sp³-hybridized carbons (Fsp3) is 0.500. The molecule has 18 heavy (non-hydrogen) atoms. The van der Waals surface area contributed by atoms with Crippen LogP contribution >= 0.6 is 0 Å². The molecule has 1 aliphatic carbocycles. The van der Waals surface area contributed by atoms with Crippen LogP contribution in [0, 0.1) is 11.5 Å². The van der Waals surface area contributed by atoms with Crippen LogP contribution in [0.25, 0.3) is 0 Å². The van der Waals surface area contributed by atoms with Crippen LogP contribution in [0.5, 0.6) is 0 Å². The fourth-order valence-corrected chi connectivity index (χ4v) is 4.18. The summed E-state index contributed by atoms with van der Waals surface area (Å²) in [5, 5.41) is 11.8. The van der Waals surface area contributed by atoms with Crippen molar-refractivity contribution in [2.45, 2.75) is 50.8 Å². The maximum atomic E-state index is 10.4. The lowest BCUT2D eigenvalue weighted by molar-refractivity contribution is 0.0611. The predicted molar refractivity (Wildman–Crippen MR) is 79.4 cm³/mol. The van der Waals surface area contributed by atoms with Crippen LogP contribution in [0.1, 0.15) is 32.1 Å². The first kappa shape index (κ1) is 13.4. The number of aliphatic hydroxyl groups is 1. The Morgan fingerprint density at radius 1 is 1.06 bits per heavy atom. The predicted octanol–water partition coefficient (Wildman–Crippen LogP) is 2.84. The minimum atomic E-state index is -1.73. The zero-order valence-electron chi connectivity index (χ0n) is 11.4. The van der Waals surface area contributed by atoms with Gasteiger partial charge in [0.15, 0.2) is 8.07 Å². The smallest absolute Gasteiger partial charge is 0.162 e. The summed E-state index contributed by atoms with van der Waals surface area (Å²) in [7, 11) is -1.73. The molecule has 0 spiro atoms. The van der Waals surface area contributed by atoms with Crippen LogP contribution in [-0.2, 0) is 0 Å². The molecule has 1 nitrogen and oxygen atoms in total. The highest BCUT2D eigenvalue weighted by atomic mass is 28.3. The summed E-state index contributed by atoms with van der Waals surface area (Å²) in [6.07, 6.45) is 5.15. The average molecular weight is 258 g/mol. The van der Waals surface area contributed by atoms with E-state index < -0.39 is 13.7 Å². The maximum absolute atomic E-state index is 10.4. The lowest BCUT2D eigenvalue weighted by atomic mass is 9.86. The van der Waals surface area contributed by atoms with Gasteiger partial charge in [0.1, 0.15) is 5.60 Å². The van der Waals surface area contributed by atoms with Crippen molar-refractivity contribution < 1.29 is 5.11 Å². The fourth-order valence-electron chi connectivity index (χ4n) is 2.46. The topological polar surface area (TPSA) is 20.2 Å². The Labute approximate surface area is 111 Å². The van der Waals surface area contributed by atoms with Gasteiger partial charge in [-0.05, 0) is 30.9 Å². The van der Waals surface area contributed by atoms with Gasteiger partial charge in [0.05, 0.1) is 0 Å². The van der Waals surface area contributed by atoms with E-state index in [0.717, 1.165) is 25.7 Å². The van der Waals surface area contributed by atoms with Gasteiger partial charge >= 0.3 is 0 Å². The molecule has 0 unspecified atom stereocenters. The largest absolute Gasteiger partial charge is 0.378 e. The van der Waals surface area contributed by atoms with Crippen LogP contribution in [-0.4, -0.2) is 18.8 Å². The minimum absolute atomic E-state index is 0.711. The van der Waals surface area contributed by atoms with Crippen LogP contribution < -0.4 is 5.19 Å². The molecule has 0 amide bonds. The SMILES string of the molecule is C[Si](C)(C#CC1(O)CCCCC1)c1ccccc1. The third-order valence-electron chi connectivity index (χ3n) is 3.78. The second kappa shape index (κ2) is 5.30. The summed E-state index contributed by atoms with van der Waals surface area (Å²) in [6.45, 7) is 4.50. The van der Waals surface area contributed by atoms with E-state index in [1.54, 1.807) is 0 Å². The molecule has 0 saturated heterocycles. The summed E-state index contributed by atoms with van der Waals surface area (Å²) in [5.41, 5.74) is 2.71. The van der Waals surface area contributed by atoms with E-state index in [9.17, 15) is 5.11 Å². The van der Waals surface area contributed by atoms with Crippen molar-refractivity contribution in [2.24, 2.45) is 0 Å². The average Bonchev–Trinajstić information content (AvgIpc) is 2.39. The molecule has 2 rings (SSSR count). The number of rotatable bonds is 1. The number of benzene rings is 1. The second-order valence-electron chi connectivity index (χ2n) is 5.83. The van der Waals surface area contributed by atoms with Crippen molar-refractivity contribution in [3.8, 4) is 11.5 Å². The van der Waals surface area contributed by atoms with E-state index in [1.165, 1.54) is 11.6 Å². The van der Waals surface area contributed by atoms with Gasteiger partial charge in [0, 0.05) is 0 Å². The van der Waals surface area contributed by atoms with Gasteiger partial charge in [-0.15, -0.1) is 5.54 Å². The molecule has 1 aliphatic rings. The van der Waals surface area contributed by atoms with Gasteiger partial charge in [-0.3, -0.25) is 0 Å². The summed E-state index contributed by atoms with van der Waals surface area (Å²) >= 11 is 0. The highest BCUT2D eigenvalue weighted by Gasteiger charge is 2.28. The van der Waals surface area contributed by atoms with Crippen molar-refractivity contribution >= 4 is 13.3 Å². The third-order valence-corrected chi connectivity index (χ3v) is 6.31. The van der Waals surface area contributed by atoms with E-state index in [1.807, 2.05) is 6.07 Å². The second-order valence-corrected chi connectivity index (χ2v) is 9.91. The van der Waals surface area contributed by atoms with E-state index in [-0.39, 0.29) is 0 Å². The van der Waals surface area contributed by atoms with Gasteiger partial charge < -0.3 is 5.11 Å². The minimum Gasteiger partial charge on any atom is -0.378 e. The van der Waals surface area contributed by atoms with Crippen molar-refractivity contribution in [2.75, 3.05) is 0 Å². The molecule has 0 atom stereocenters. The van der Waals surface area contributed by atoms with Gasteiger partial charge in [0.25, 0.3) is 0 Å². The van der Waals surface area contributed by atoms with Gasteiger partial charge in [-0.25, -0.2) is 0 Å². The molecule has 0 heterocycles. The molecule has 1 aromatic rings. The van der Waals surface area contributed by atoms with Crippen molar-refractivity contribution in [3.05, 3.63) is 30.3 Å². The standard InChI is InChI=1S/C16H22OSi/c1-18(2,15-9-5-3-6-10-15)14-13-16(17)11-7-4-8-12-16/h3,5-6,9-10,17H,4,7-8,11-12H2,1-2H3. The Morgan fingerprint density at radius 3 is 2.28 bits per heavy atom. The maximum Gasteiger partial charge on any atom is 0.162 e. The third kappa shape index (κ3) is 3.25. The normalized spacial score (nSPS) is 18.8. The van der Waals surface area contributed by atoms with E-state index >= 15 is 0 Å². The highest BCUT2D eigenvalue weighted by Crippen LogP contribution is 2.27. The zero-order chi connectivity index (χ0) is 13.1. The van der Waals surface area contributed by atoms with Crippen molar-refractivity contribution in [3.63, 3.8) is 0 Å².